The van der Waals surface area contributed by atoms with Crippen LogP contribution < -0.4 is 5.90 Å². The van der Waals surface area contributed by atoms with Crippen LogP contribution in [0.1, 0.15) is 69.8 Å². The Morgan fingerprint density at radius 3 is 1.86 bits per heavy atom. The first-order valence-electron chi connectivity index (χ1n) is 15.1. The number of hydrogen-bond acceptors (Lipinski definition) is 5. The number of rotatable bonds is 17. The molecule has 0 aliphatic rings. The van der Waals surface area contributed by atoms with E-state index in [1.54, 1.807) is 12.1 Å². The van der Waals surface area contributed by atoms with Crippen molar-refractivity contribution in [1.82, 2.24) is 4.90 Å². The van der Waals surface area contributed by atoms with E-state index < -0.39 is 11.9 Å². The van der Waals surface area contributed by atoms with Crippen LogP contribution in [0.3, 0.4) is 0 Å². The summed E-state index contributed by atoms with van der Waals surface area (Å²) >= 11 is 0. The molecule has 4 rings (SSSR count). The van der Waals surface area contributed by atoms with Crippen molar-refractivity contribution in [3.8, 4) is 0 Å². The molecule has 0 radical (unpaired) electrons. The molecule has 6 heteroatoms. The maximum absolute atomic E-state index is 11.5. The van der Waals surface area contributed by atoms with Crippen LogP contribution in [-0.2, 0) is 35.4 Å². The molecule has 0 aromatic heterocycles. The van der Waals surface area contributed by atoms with Crippen LogP contribution in [0.5, 0.6) is 0 Å². The Morgan fingerprint density at radius 2 is 1.26 bits per heavy atom. The first kappa shape index (κ1) is 31.7. The fraction of sp³-hybridized carbons (Fsp3) is 0.297. The van der Waals surface area contributed by atoms with Gasteiger partial charge in [-0.2, -0.15) is 5.90 Å². The highest BCUT2D eigenvalue weighted by Gasteiger charge is 2.18. The van der Waals surface area contributed by atoms with Crippen LogP contribution in [0.15, 0.2) is 109 Å². The van der Waals surface area contributed by atoms with Gasteiger partial charge >= 0.3 is 11.9 Å². The summed E-state index contributed by atoms with van der Waals surface area (Å²) in [7, 11) is 0. The van der Waals surface area contributed by atoms with Gasteiger partial charge in [-0.05, 0) is 90.9 Å². The van der Waals surface area contributed by atoms with E-state index in [2.05, 4.69) is 88.6 Å². The Hall–Kier alpha value is -4.26. The van der Waals surface area contributed by atoms with Crippen LogP contribution in [-0.4, -0.2) is 35.0 Å². The fourth-order valence-electron chi connectivity index (χ4n) is 5.46. The molecule has 224 valence electrons. The Balaban J connectivity index is 1.42. The molecule has 4 aromatic rings. The van der Waals surface area contributed by atoms with Crippen LogP contribution in [0.25, 0.3) is 0 Å². The largest absolute Gasteiger partial charge is 0.478 e. The predicted molar refractivity (Wildman–Crippen MR) is 171 cm³/mol. The average molecular weight is 579 g/mol. The van der Waals surface area contributed by atoms with E-state index in [4.69, 9.17) is 5.90 Å². The number of aromatic carboxylic acids is 1. The average Bonchev–Trinajstić information content (AvgIpc) is 3.05. The quantitative estimate of drug-likeness (QED) is 0.104. The number of carboxylic acids is 1. The maximum Gasteiger partial charge on any atom is 0.335 e. The summed E-state index contributed by atoms with van der Waals surface area (Å²) in [5.74, 6) is 3.99. The minimum absolute atomic E-state index is 0.281. The van der Waals surface area contributed by atoms with Gasteiger partial charge in [-0.3, -0.25) is 9.69 Å². The van der Waals surface area contributed by atoms with Gasteiger partial charge in [0.25, 0.3) is 0 Å². The van der Waals surface area contributed by atoms with E-state index >= 15 is 0 Å². The van der Waals surface area contributed by atoms with E-state index in [0.29, 0.717) is 25.3 Å². The highest BCUT2D eigenvalue weighted by molar-refractivity contribution is 5.87. The van der Waals surface area contributed by atoms with Gasteiger partial charge in [0.05, 0.1) is 5.56 Å². The number of carboxylic acid groups (broad SMARTS) is 1. The summed E-state index contributed by atoms with van der Waals surface area (Å²) in [6.45, 7) is 2.35. The number of hydrogen-bond donors (Lipinski definition) is 2. The lowest BCUT2D eigenvalue weighted by Gasteiger charge is -2.28. The van der Waals surface area contributed by atoms with Gasteiger partial charge in [-0.15, -0.1) is 0 Å². The Labute approximate surface area is 255 Å². The molecule has 4 aromatic carbocycles. The van der Waals surface area contributed by atoms with Crippen LogP contribution >= 0.6 is 0 Å². The van der Waals surface area contributed by atoms with Crippen LogP contribution in [0, 0.1) is 0 Å². The smallest absolute Gasteiger partial charge is 0.335 e. The number of nitrogens with two attached hydrogens (primary N) is 1. The molecule has 0 heterocycles. The first-order valence-corrected chi connectivity index (χ1v) is 15.1. The number of benzene rings is 4. The van der Waals surface area contributed by atoms with Crippen molar-refractivity contribution in [1.29, 1.82) is 0 Å². The van der Waals surface area contributed by atoms with Gasteiger partial charge in [0.1, 0.15) is 0 Å². The zero-order chi connectivity index (χ0) is 30.3. The summed E-state index contributed by atoms with van der Waals surface area (Å²) in [6, 6.07) is 37.4. The molecule has 3 N–H and O–H groups in total. The second-order valence-corrected chi connectivity index (χ2v) is 11.1. The molecule has 6 nitrogen and oxygen atoms in total. The number of aryl methyl sites for hydroxylation is 3. The van der Waals surface area contributed by atoms with Crippen molar-refractivity contribution in [3.05, 3.63) is 143 Å². The lowest BCUT2D eigenvalue weighted by Crippen LogP contribution is -2.30. The molecule has 0 aliphatic carbocycles. The number of nitrogens with zero attached hydrogens (tertiary/aromatic N) is 1. The van der Waals surface area contributed by atoms with Crippen LogP contribution in [0.4, 0.5) is 0 Å². The van der Waals surface area contributed by atoms with Gasteiger partial charge in [0, 0.05) is 19.5 Å². The van der Waals surface area contributed by atoms with Crippen molar-refractivity contribution in [3.63, 3.8) is 0 Å². The summed E-state index contributed by atoms with van der Waals surface area (Å²) < 4.78 is 0. The van der Waals surface area contributed by atoms with Crippen molar-refractivity contribution in [2.45, 2.75) is 57.4 Å². The molecule has 0 saturated heterocycles. The third-order valence-corrected chi connectivity index (χ3v) is 7.94. The molecular weight excluding hydrogens is 536 g/mol. The van der Waals surface area contributed by atoms with Gasteiger partial charge in [-0.1, -0.05) is 97.1 Å². The molecule has 0 amide bonds. The summed E-state index contributed by atoms with van der Waals surface area (Å²) in [5.41, 5.74) is 6.69. The third-order valence-electron chi connectivity index (χ3n) is 7.94. The minimum Gasteiger partial charge on any atom is -0.478 e. The molecule has 1 atom stereocenters. The summed E-state index contributed by atoms with van der Waals surface area (Å²) in [5, 5.41) is 9.30. The van der Waals surface area contributed by atoms with E-state index in [1.165, 1.54) is 22.3 Å². The standard InChI is InChI=1S/C37H42N2O4/c38-43-36(40)13-7-8-26-39(27-32-21-23-34(24-22-32)37(41)42)28-35(33-11-5-2-6-12-33)25-20-31-18-16-30(17-19-31)15-14-29-9-3-1-4-10-29/h1-6,9-12,16-19,21-24,35H,7-8,13-15,20,25-28,38H2,(H,41,42). The van der Waals surface area contributed by atoms with Crippen LogP contribution in [0.2, 0.25) is 0 Å². The zero-order valence-corrected chi connectivity index (χ0v) is 24.7. The van der Waals surface area contributed by atoms with Gasteiger partial charge in [0.2, 0.25) is 0 Å². The van der Waals surface area contributed by atoms with Crippen molar-refractivity contribution in [2.24, 2.45) is 5.90 Å². The van der Waals surface area contributed by atoms with E-state index in [-0.39, 0.29) is 5.56 Å². The lowest BCUT2D eigenvalue weighted by molar-refractivity contribution is -0.144. The molecule has 0 saturated carbocycles. The van der Waals surface area contributed by atoms with Gasteiger partial charge in [-0.25, -0.2) is 4.79 Å². The summed E-state index contributed by atoms with van der Waals surface area (Å²) in [4.78, 5) is 29.6. The number of carbonyl (C=O) groups excluding carboxylic acids is 1. The normalized spacial score (nSPS) is 11.8. The zero-order valence-electron chi connectivity index (χ0n) is 24.7. The highest BCUT2D eigenvalue weighted by atomic mass is 16.7. The Kier molecular flexibility index (Phi) is 12.5. The van der Waals surface area contributed by atoms with Crippen molar-refractivity contribution >= 4 is 11.9 Å². The second-order valence-electron chi connectivity index (χ2n) is 11.1. The molecule has 0 bridgehead atoms. The highest BCUT2D eigenvalue weighted by Crippen LogP contribution is 2.25. The van der Waals surface area contributed by atoms with E-state index in [0.717, 1.165) is 50.8 Å². The number of unbranched alkanes of at least 4 members (excludes halogenated alkanes) is 1. The lowest BCUT2D eigenvalue weighted by atomic mass is 9.91. The SMILES string of the molecule is NOC(=O)CCCCN(Cc1ccc(C(=O)O)cc1)CC(CCc1ccc(CCc2ccccc2)cc1)c1ccccc1. The third kappa shape index (κ3) is 10.8. The molecule has 0 spiro atoms. The Morgan fingerprint density at radius 1 is 0.698 bits per heavy atom. The molecule has 0 fully saturated rings. The van der Waals surface area contributed by atoms with E-state index in [1.807, 2.05) is 18.2 Å². The molecule has 1 unspecified atom stereocenters. The molecular formula is C37H42N2O4. The van der Waals surface area contributed by atoms with E-state index in [9.17, 15) is 14.7 Å². The summed E-state index contributed by atoms with van der Waals surface area (Å²) in [6.07, 6.45) is 5.86. The van der Waals surface area contributed by atoms with Gasteiger partial charge < -0.3 is 9.94 Å². The molecule has 0 aliphatic heterocycles. The molecule has 43 heavy (non-hydrogen) atoms. The fourth-order valence-corrected chi connectivity index (χ4v) is 5.46. The Bertz CT molecular complexity index is 1390. The number of carbonyl (C=O) groups is 2. The minimum atomic E-state index is -0.927. The van der Waals surface area contributed by atoms with Crippen molar-refractivity contribution < 1.29 is 19.5 Å². The first-order chi connectivity index (χ1) is 21.0. The maximum atomic E-state index is 11.5. The monoisotopic (exact) mass is 578 g/mol. The predicted octanol–water partition coefficient (Wildman–Crippen LogP) is 6.98. The van der Waals surface area contributed by atoms with Crippen molar-refractivity contribution in [2.75, 3.05) is 13.1 Å². The van der Waals surface area contributed by atoms with Gasteiger partial charge in [0.15, 0.2) is 0 Å². The topological polar surface area (TPSA) is 92.9 Å². The second kappa shape index (κ2) is 17.0.